The van der Waals surface area contributed by atoms with Crippen LogP contribution in [0.25, 0.3) is 0 Å². The van der Waals surface area contributed by atoms with Crippen molar-refractivity contribution in [2.75, 3.05) is 0 Å². The van der Waals surface area contributed by atoms with Crippen LogP contribution in [0.15, 0.2) is 17.8 Å². The van der Waals surface area contributed by atoms with Crippen LogP contribution in [-0.4, -0.2) is 20.5 Å². The van der Waals surface area contributed by atoms with Crippen molar-refractivity contribution in [3.05, 3.63) is 34.0 Å². The predicted molar refractivity (Wildman–Crippen MR) is 76.8 cm³/mol. The molecule has 1 atom stereocenters. The van der Waals surface area contributed by atoms with Crippen molar-refractivity contribution in [3.63, 3.8) is 0 Å². The molecule has 2 aromatic rings. The van der Waals surface area contributed by atoms with Gasteiger partial charge in [-0.3, -0.25) is 9.48 Å². The number of nitriles is 1. The number of thiazole rings is 1. The summed E-state index contributed by atoms with van der Waals surface area (Å²) in [4.78, 5) is 16.8. The third kappa shape index (κ3) is 2.78. The molecule has 0 aromatic carbocycles. The zero-order valence-electron chi connectivity index (χ0n) is 11.7. The van der Waals surface area contributed by atoms with E-state index in [-0.39, 0.29) is 11.7 Å². The number of ketones is 1. The van der Waals surface area contributed by atoms with Gasteiger partial charge >= 0.3 is 0 Å². The lowest BCUT2D eigenvalue weighted by molar-refractivity contribution is 0.0978. The van der Waals surface area contributed by atoms with Gasteiger partial charge in [-0.1, -0.05) is 13.8 Å². The first-order valence-corrected chi connectivity index (χ1v) is 7.36. The molecule has 0 radical (unpaired) electrons. The first-order chi connectivity index (χ1) is 9.56. The minimum Gasteiger partial charge on any atom is -0.292 e. The fraction of sp³-hybridized carbons (Fsp3) is 0.429. The Bertz CT molecular complexity index is 650. The number of carbonyl (C=O) groups is 1. The molecule has 0 aliphatic rings. The Labute approximate surface area is 121 Å². The molecule has 0 fully saturated rings. The van der Waals surface area contributed by atoms with Crippen LogP contribution in [0.5, 0.6) is 0 Å². The number of Topliss-reactive ketones (excluding diaryl/α,β-unsaturated/α-hetero) is 1. The first kappa shape index (κ1) is 14.4. The molecule has 0 aliphatic heterocycles. The number of hydrogen-bond donors (Lipinski definition) is 0. The summed E-state index contributed by atoms with van der Waals surface area (Å²) < 4.78 is 1.67. The van der Waals surface area contributed by atoms with E-state index in [1.54, 1.807) is 10.9 Å². The summed E-state index contributed by atoms with van der Waals surface area (Å²) in [7, 11) is 0. The Morgan fingerprint density at radius 1 is 1.55 bits per heavy atom. The molecule has 0 N–H and O–H groups in total. The molecule has 0 unspecified atom stereocenters. The minimum absolute atomic E-state index is 0.239. The van der Waals surface area contributed by atoms with E-state index in [0.717, 1.165) is 5.69 Å². The predicted octanol–water partition coefficient (Wildman–Crippen LogP) is 2.97. The summed E-state index contributed by atoms with van der Waals surface area (Å²) in [5.41, 5.74) is 1.38. The van der Waals surface area contributed by atoms with E-state index in [1.807, 2.05) is 26.2 Å². The van der Waals surface area contributed by atoms with E-state index in [2.05, 4.69) is 16.2 Å². The van der Waals surface area contributed by atoms with Crippen molar-refractivity contribution < 1.29 is 4.79 Å². The fourth-order valence-electron chi connectivity index (χ4n) is 1.75. The molecular formula is C14H16N4OS. The second-order valence-corrected chi connectivity index (χ2v) is 5.67. The molecule has 0 bridgehead atoms. The van der Waals surface area contributed by atoms with Gasteiger partial charge in [0.25, 0.3) is 0 Å². The highest BCUT2D eigenvalue weighted by atomic mass is 32.1. The molecule has 0 saturated carbocycles. The molecule has 0 saturated heterocycles. The van der Waals surface area contributed by atoms with Crippen LogP contribution in [0.1, 0.15) is 53.7 Å². The number of aromatic nitrogens is 3. The van der Waals surface area contributed by atoms with Gasteiger partial charge in [-0.25, -0.2) is 4.98 Å². The van der Waals surface area contributed by atoms with Crippen molar-refractivity contribution >= 4 is 17.1 Å². The second kappa shape index (κ2) is 5.97. The second-order valence-electron chi connectivity index (χ2n) is 4.78. The molecule has 2 heterocycles. The van der Waals surface area contributed by atoms with Crippen molar-refractivity contribution in [1.82, 2.24) is 14.8 Å². The van der Waals surface area contributed by atoms with Crippen molar-refractivity contribution in [2.24, 2.45) is 0 Å². The summed E-state index contributed by atoms with van der Waals surface area (Å²) >= 11 is 1.36. The third-order valence-electron chi connectivity index (χ3n) is 3.01. The van der Waals surface area contributed by atoms with E-state index >= 15 is 0 Å². The lowest BCUT2D eigenvalue weighted by Crippen LogP contribution is -2.10. The van der Waals surface area contributed by atoms with Crippen LogP contribution in [0.3, 0.4) is 0 Å². The normalized spacial score (nSPS) is 12.3. The number of carbonyl (C=O) groups excluding carboxylic acids is 1. The summed E-state index contributed by atoms with van der Waals surface area (Å²) in [6.45, 7) is 6.71. The van der Waals surface area contributed by atoms with Gasteiger partial charge in [0.05, 0.1) is 23.5 Å². The van der Waals surface area contributed by atoms with E-state index in [1.165, 1.54) is 17.5 Å². The average molecular weight is 288 g/mol. The molecule has 5 nitrogen and oxygen atoms in total. The molecule has 0 spiro atoms. The van der Waals surface area contributed by atoms with Crippen molar-refractivity contribution in [2.45, 2.75) is 39.2 Å². The van der Waals surface area contributed by atoms with Crippen LogP contribution < -0.4 is 0 Å². The summed E-state index contributed by atoms with van der Waals surface area (Å²) in [6, 6.07) is 2.06. The highest BCUT2D eigenvalue weighted by Gasteiger charge is 2.26. The minimum atomic E-state index is -0.845. The fourth-order valence-corrected chi connectivity index (χ4v) is 2.78. The SMILES string of the molecule is CCn1cc(C(=O)[C@H](C#N)c2nc(C(C)C)cs2)cn1. The molecule has 104 valence electrons. The zero-order valence-corrected chi connectivity index (χ0v) is 12.5. The first-order valence-electron chi connectivity index (χ1n) is 6.48. The third-order valence-corrected chi connectivity index (χ3v) is 3.94. The average Bonchev–Trinajstić information content (AvgIpc) is 3.08. The van der Waals surface area contributed by atoms with Crippen LogP contribution in [0.2, 0.25) is 0 Å². The maximum Gasteiger partial charge on any atom is 0.190 e. The van der Waals surface area contributed by atoms with Gasteiger partial charge < -0.3 is 0 Å². The van der Waals surface area contributed by atoms with Gasteiger partial charge in [0.15, 0.2) is 11.7 Å². The van der Waals surface area contributed by atoms with E-state index < -0.39 is 5.92 Å². The Hall–Kier alpha value is -2.00. The molecule has 20 heavy (non-hydrogen) atoms. The molecule has 6 heteroatoms. The Morgan fingerprint density at radius 2 is 2.30 bits per heavy atom. The quantitative estimate of drug-likeness (QED) is 0.793. The van der Waals surface area contributed by atoms with Gasteiger partial charge in [0.1, 0.15) is 5.01 Å². The van der Waals surface area contributed by atoms with Crippen LogP contribution in [-0.2, 0) is 6.54 Å². The number of rotatable bonds is 5. The smallest absolute Gasteiger partial charge is 0.190 e. The number of aryl methyl sites for hydroxylation is 1. The highest BCUT2D eigenvalue weighted by Crippen LogP contribution is 2.26. The van der Waals surface area contributed by atoms with E-state index in [0.29, 0.717) is 17.1 Å². The zero-order chi connectivity index (χ0) is 14.7. The maximum absolute atomic E-state index is 12.4. The van der Waals surface area contributed by atoms with E-state index in [4.69, 9.17) is 0 Å². The van der Waals surface area contributed by atoms with Gasteiger partial charge in [0.2, 0.25) is 0 Å². The summed E-state index contributed by atoms with van der Waals surface area (Å²) in [5.74, 6) is -0.795. The van der Waals surface area contributed by atoms with Gasteiger partial charge in [-0.2, -0.15) is 10.4 Å². The maximum atomic E-state index is 12.4. The standard InChI is InChI=1S/C14H16N4OS/c1-4-18-7-10(6-16-18)13(19)11(5-15)14-17-12(8-20-14)9(2)3/h6-9,11H,4H2,1-3H3/t11-/m0/s1. The molecule has 2 aromatic heterocycles. The molecule has 0 aliphatic carbocycles. The topological polar surface area (TPSA) is 71.6 Å². The molecular weight excluding hydrogens is 272 g/mol. The lowest BCUT2D eigenvalue weighted by atomic mass is 10.0. The summed E-state index contributed by atoms with van der Waals surface area (Å²) in [5, 5.41) is 15.8. The largest absolute Gasteiger partial charge is 0.292 e. The number of nitrogens with zero attached hydrogens (tertiary/aromatic N) is 4. The molecule has 2 rings (SSSR count). The van der Waals surface area contributed by atoms with Crippen LogP contribution in [0, 0.1) is 11.3 Å². The number of hydrogen-bond acceptors (Lipinski definition) is 5. The van der Waals surface area contributed by atoms with Crippen LogP contribution in [0.4, 0.5) is 0 Å². The van der Waals surface area contributed by atoms with Gasteiger partial charge in [-0.05, 0) is 12.8 Å². The lowest BCUT2D eigenvalue weighted by Gasteiger charge is -2.03. The van der Waals surface area contributed by atoms with Crippen molar-refractivity contribution in [3.8, 4) is 6.07 Å². The Morgan fingerprint density at radius 3 is 2.80 bits per heavy atom. The van der Waals surface area contributed by atoms with Crippen molar-refractivity contribution in [1.29, 1.82) is 5.26 Å². The van der Waals surface area contributed by atoms with E-state index in [9.17, 15) is 10.1 Å². The van der Waals surface area contributed by atoms with Crippen LogP contribution >= 0.6 is 11.3 Å². The molecule has 0 amide bonds. The monoisotopic (exact) mass is 288 g/mol. The highest BCUT2D eigenvalue weighted by molar-refractivity contribution is 7.10. The van der Waals surface area contributed by atoms with Gasteiger partial charge in [-0.15, -0.1) is 11.3 Å². The summed E-state index contributed by atoms with van der Waals surface area (Å²) in [6.07, 6.45) is 3.18. The Kier molecular flexibility index (Phi) is 4.30. The van der Waals surface area contributed by atoms with Gasteiger partial charge in [0, 0.05) is 18.1 Å². The Balaban J connectivity index is 2.27.